The Morgan fingerprint density at radius 1 is 0.788 bits per heavy atom. The molecule has 0 aromatic heterocycles. The summed E-state index contributed by atoms with van der Waals surface area (Å²) in [6.45, 7) is 2.19. The van der Waals surface area contributed by atoms with Crippen LogP contribution in [0, 0.1) is 5.82 Å². The lowest BCUT2D eigenvalue weighted by molar-refractivity contribution is -0.137. The summed E-state index contributed by atoms with van der Waals surface area (Å²) in [4.78, 5) is 30.2. The van der Waals surface area contributed by atoms with E-state index in [1.165, 1.54) is 29.9 Å². The molecule has 3 aromatic rings. The second-order valence-electron chi connectivity index (χ2n) is 8.30. The average Bonchev–Trinajstić information content (AvgIpc) is 3.45. The summed E-state index contributed by atoms with van der Waals surface area (Å²) in [5, 5.41) is 3.20. The molecule has 1 saturated heterocycles. The van der Waals surface area contributed by atoms with Gasteiger partial charge in [-0.15, -0.1) is 0 Å². The van der Waals surface area contributed by atoms with Crippen molar-refractivity contribution in [3.8, 4) is 0 Å². The molecule has 33 heavy (non-hydrogen) atoms. The van der Waals surface area contributed by atoms with E-state index >= 15 is 0 Å². The summed E-state index contributed by atoms with van der Waals surface area (Å²) in [6.07, 6.45) is 2.40. The maximum absolute atomic E-state index is 13.4. The number of hydrogen-bond donors (Lipinski definition) is 1. The number of amides is 2. The number of nitrogens with zero attached hydrogens (tertiary/aromatic N) is 2. The minimum Gasteiger partial charge on any atom is -0.372 e. The third-order valence-electron chi connectivity index (χ3n) is 6.09. The van der Waals surface area contributed by atoms with E-state index in [-0.39, 0.29) is 24.0 Å². The van der Waals surface area contributed by atoms with Crippen molar-refractivity contribution in [1.82, 2.24) is 4.90 Å². The molecule has 0 aliphatic carbocycles. The largest absolute Gasteiger partial charge is 0.372 e. The number of carbonyl (C=O) groups excluding carboxylic acids is 2. The van der Waals surface area contributed by atoms with Crippen LogP contribution in [0.2, 0.25) is 0 Å². The van der Waals surface area contributed by atoms with Crippen LogP contribution in [-0.2, 0) is 16.1 Å². The second-order valence-corrected chi connectivity index (χ2v) is 8.30. The number of nitrogens with one attached hydrogen (secondary N) is 1. The van der Waals surface area contributed by atoms with Crippen molar-refractivity contribution in [3.63, 3.8) is 0 Å². The minimum absolute atomic E-state index is 0.0767. The van der Waals surface area contributed by atoms with E-state index in [2.05, 4.69) is 10.2 Å². The zero-order valence-electron chi connectivity index (χ0n) is 18.1. The molecule has 0 radical (unpaired) electrons. The Labute approximate surface area is 192 Å². The van der Waals surface area contributed by atoms with Crippen LogP contribution < -0.4 is 10.2 Å². The SMILES string of the molecule is O=C1C(Nc2ccc(N3CCCC3)cc2)=C(c2ccccc2)C(=O)N1Cc1ccc(F)cc1. The molecule has 3 aromatic carbocycles. The molecule has 2 amide bonds. The molecule has 0 saturated carbocycles. The lowest BCUT2D eigenvalue weighted by Crippen LogP contribution is -2.32. The number of carbonyl (C=O) groups is 2. The molecule has 0 spiro atoms. The zero-order valence-corrected chi connectivity index (χ0v) is 18.1. The summed E-state index contributed by atoms with van der Waals surface area (Å²) >= 11 is 0. The summed E-state index contributed by atoms with van der Waals surface area (Å²) in [5.41, 5.74) is 3.84. The molecular weight excluding hydrogens is 417 g/mol. The van der Waals surface area contributed by atoms with Gasteiger partial charge in [-0.1, -0.05) is 42.5 Å². The fourth-order valence-corrected chi connectivity index (χ4v) is 4.36. The highest BCUT2D eigenvalue weighted by molar-refractivity contribution is 6.36. The number of anilines is 2. The van der Waals surface area contributed by atoms with Gasteiger partial charge in [-0.2, -0.15) is 0 Å². The fraction of sp³-hybridized carbons (Fsp3) is 0.185. The standard InChI is InChI=1S/C27H24FN3O2/c28-21-10-8-19(9-11-21)18-31-26(32)24(20-6-2-1-3-7-20)25(27(31)33)29-22-12-14-23(15-13-22)30-16-4-5-17-30/h1-3,6-15,29H,4-5,16-18H2. The lowest BCUT2D eigenvalue weighted by atomic mass is 10.0. The van der Waals surface area contributed by atoms with Gasteiger partial charge in [0, 0.05) is 24.5 Å². The van der Waals surface area contributed by atoms with E-state index in [0.29, 0.717) is 16.7 Å². The van der Waals surface area contributed by atoms with Crippen molar-refractivity contribution < 1.29 is 14.0 Å². The lowest BCUT2D eigenvalue weighted by Gasteiger charge is -2.18. The summed E-state index contributed by atoms with van der Waals surface area (Å²) < 4.78 is 13.3. The van der Waals surface area contributed by atoms with E-state index in [4.69, 9.17) is 0 Å². The van der Waals surface area contributed by atoms with E-state index in [9.17, 15) is 14.0 Å². The van der Waals surface area contributed by atoms with Gasteiger partial charge in [0.25, 0.3) is 11.8 Å². The molecule has 6 heteroatoms. The maximum Gasteiger partial charge on any atom is 0.278 e. The number of benzene rings is 3. The van der Waals surface area contributed by atoms with Crippen LogP contribution >= 0.6 is 0 Å². The first-order chi connectivity index (χ1) is 16.1. The highest BCUT2D eigenvalue weighted by atomic mass is 19.1. The molecular formula is C27H24FN3O2. The van der Waals surface area contributed by atoms with Crippen LogP contribution in [0.3, 0.4) is 0 Å². The first-order valence-corrected chi connectivity index (χ1v) is 11.1. The molecule has 1 N–H and O–H groups in total. The molecule has 0 unspecified atom stereocenters. The van der Waals surface area contributed by atoms with Crippen LogP contribution in [0.4, 0.5) is 15.8 Å². The maximum atomic E-state index is 13.4. The Bertz CT molecular complexity index is 1200. The Hall–Kier alpha value is -3.93. The van der Waals surface area contributed by atoms with Gasteiger partial charge in [-0.05, 0) is 60.4 Å². The van der Waals surface area contributed by atoms with Crippen LogP contribution in [0.5, 0.6) is 0 Å². The average molecular weight is 442 g/mol. The summed E-state index contributed by atoms with van der Waals surface area (Å²) in [5.74, 6) is -1.13. The summed E-state index contributed by atoms with van der Waals surface area (Å²) in [6, 6.07) is 22.9. The molecule has 166 valence electrons. The van der Waals surface area contributed by atoms with Crippen molar-refractivity contribution in [2.24, 2.45) is 0 Å². The molecule has 2 heterocycles. The first-order valence-electron chi connectivity index (χ1n) is 11.1. The van der Waals surface area contributed by atoms with Gasteiger partial charge in [0.2, 0.25) is 0 Å². The van der Waals surface area contributed by atoms with Crippen molar-refractivity contribution in [3.05, 3.63) is 102 Å². The first kappa shape index (κ1) is 20.9. The predicted molar refractivity (Wildman–Crippen MR) is 127 cm³/mol. The van der Waals surface area contributed by atoms with Crippen LogP contribution in [0.15, 0.2) is 84.6 Å². The topological polar surface area (TPSA) is 52.7 Å². The Kier molecular flexibility index (Phi) is 5.65. The highest BCUT2D eigenvalue weighted by Crippen LogP contribution is 2.32. The van der Waals surface area contributed by atoms with Crippen molar-refractivity contribution >= 4 is 28.8 Å². The molecule has 1 fully saturated rings. The smallest absolute Gasteiger partial charge is 0.278 e. The van der Waals surface area contributed by atoms with Gasteiger partial charge >= 0.3 is 0 Å². The van der Waals surface area contributed by atoms with E-state index in [0.717, 1.165) is 24.5 Å². The van der Waals surface area contributed by atoms with E-state index in [1.54, 1.807) is 12.1 Å². The Morgan fingerprint density at radius 2 is 1.45 bits per heavy atom. The van der Waals surface area contributed by atoms with Crippen molar-refractivity contribution in [2.75, 3.05) is 23.3 Å². The number of imide groups is 1. The van der Waals surface area contributed by atoms with Gasteiger partial charge in [-0.25, -0.2) is 4.39 Å². The van der Waals surface area contributed by atoms with Gasteiger partial charge in [-0.3, -0.25) is 14.5 Å². The van der Waals surface area contributed by atoms with Gasteiger partial charge < -0.3 is 10.2 Å². The van der Waals surface area contributed by atoms with E-state index in [1.807, 2.05) is 54.6 Å². The number of halogens is 1. The third kappa shape index (κ3) is 4.24. The molecule has 2 aliphatic rings. The molecule has 5 nitrogen and oxygen atoms in total. The van der Waals surface area contributed by atoms with Gasteiger partial charge in [0.1, 0.15) is 11.5 Å². The van der Waals surface area contributed by atoms with E-state index < -0.39 is 5.91 Å². The third-order valence-corrected chi connectivity index (χ3v) is 6.09. The zero-order chi connectivity index (χ0) is 22.8. The number of hydrogen-bond acceptors (Lipinski definition) is 4. The quantitative estimate of drug-likeness (QED) is 0.558. The highest BCUT2D eigenvalue weighted by Gasteiger charge is 2.39. The summed E-state index contributed by atoms with van der Waals surface area (Å²) in [7, 11) is 0. The molecule has 0 atom stereocenters. The second kappa shape index (κ2) is 8.90. The monoisotopic (exact) mass is 441 g/mol. The number of rotatable bonds is 6. The predicted octanol–water partition coefficient (Wildman–Crippen LogP) is 4.82. The van der Waals surface area contributed by atoms with Gasteiger partial charge in [0.15, 0.2) is 0 Å². The Morgan fingerprint density at radius 3 is 2.12 bits per heavy atom. The minimum atomic E-state index is -0.396. The molecule has 5 rings (SSSR count). The Balaban J connectivity index is 1.45. The molecule has 2 aliphatic heterocycles. The van der Waals surface area contributed by atoms with Crippen LogP contribution in [0.25, 0.3) is 5.57 Å². The normalized spacial score (nSPS) is 16.2. The van der Waals surface area contributed by atoms with Crippen molar-refractivity contribution in [2.45, 2.75) is 19.4 Å². The van der Waals surface area contributed by atoms with Crippen molar-refractivity contribution in [1.29, 1.82) is 0 Å². The molecule has 0 bridgehead atoms. The van der Waals surface area contributed by atoms with Crippen LogP contribution in [0.1, 0.15) is 24.0 Å². The van der Waals surface area contributed by atoms with Crippen LogP contribution in [-0.4, -0.2) is 29.8 Å². The van der Waals surface area contributed by atoms with Gasteiger partial charge in [0.05, 0.1) is 12.1 Å². The fourth-order valence-electron chi connectivity index (χ4n) is 4.36.